The number of rotatable bonds is 7. The fourth-order valence-electron chi connectivity index (χ4n) is 2.27. The number of furan rings is 1. The summed E-state index contributed by atoms with van der Waals surface area (Å²) in [4.78, 5) is 23.0. The second kappa shape index (κ2) is 7.49. The molecule has 0 bridgehead atoms. The molecule has 0 radical (unpaired) electrons. The van der Waals surface area contributed by atoms with Crippen LogP contribution in [0.25, 0.3) is 0 Å². The van der Waals surface area contributed by atoms with Gasteiger partial charge in [0.05, 0.1) is 18.9 Å². The lowest BCUT2D eigenvalue weighted by Gasteiger charge is -2.07. The number of carboxylic acids is 1. The summed E-state index contributed by atoms with van der Waals surface area (Å²) in [6.07, 6.45) is 1.76. The Morgan fingerprint density at radius 3 is 2.57 bits per heavy atom. The Hall–Kier alpha value is -2.76. The molecule has 6 heteroatoms. The van der Waals surface area contributed by atoms with Crippen molar-refractivity contribution >= 4 is 11.9 Å². The first kappa shape index (κ1) is 16.6. The smallest absolute Gasteiger partial charge is 0.311 e. The highest BCUT2D eigenvalue weighted by atomic mass is 16.5. The van der Waals surface area contributed by atoms with Gasteiger partial charge in [0.1, 0.15) is 17.9 Å². The largest absolute Gasteiger partial charge is 0.497 e. The zero-order valence-corrected chi connectivity index (χ0v) is 13.1. The molecule has 0 saturated heterocycles. The van der Waals surface area contributed by atoms with Crippen molar-refractivity contribution in [1.82, 2.24) is 5.32 Å². The fourth-order valence-corrected chi connectivity index (χ4v) is 2.27. The van der Waals surface area contributed by atoms with E-state index in [0.717, 1.165) is 11.3 Å². The van der Waals surface area contributed by atoms with Gasteiger partial charge in [-0.05, 0) is 31.0 Å². The Bertz CT molecular complexity index is 688. The van der Waals surface area contributed by atoms with E-state index in [0.29, 0.717) is 24.1 Å². The first-order valence-electron chi connectivity index (χ1n) is 7.21. The Labute approximate surface area is 134 Å². The number of carbonyl (C=O) groups is 2. The monoisotopic (exact) mass is 317 g/mol. The molecule has 1 amide bonds. The van der Waals surface area contributed by atoms with Crippen molar-refractivity contribution in [2.45, 2.75) is 19.8 Å². The molecule has 0 unspecified atom stereocenters. The first-order valence-corrected chi connectivity index (χ1v) is 7.21. The third-order valence-electron chi connectivity index (χ3n) is 3.45. The Balaban J connectivity index is 1.94. The number of nitrogens with one attached hydrogen (secondary N) is 1. The molecule has 0 atom stereocenters. The Morgan fingerprint density at radius 1 is 1.26 bits per heavy atom. The summed E-state index contributed by atoms with van der Waals surface area (Å²) in [5, 5.41) is 11.6. The maximum Gasteiger partial charge on any atom is 0.311 e. The molecule has 0 aliphatic rings. The fraction of sp³-hybridized carbons (Fsp3) is 0.294. The van der Waals surface area contributed by atoms with Crippen LogP contribution >= 0.6 is 0 Å². The summed E-state index contributed by atoms with van der Waals surface area (Å²) in [5.74, 6) is -0.394. The van der Waals surface area contributed by atoms with Gasteiger partial charge in [0.25, 0.3) is 5.91 Å². The zero-order valence-electron chi connectivity index (χ0n) is 13.1. The number of hydrogen-bond donors (Lipinski definition) is 2. The van der Waals surface area contributed by atoms with Gasteiger partial charge in [-0.1, -0.05) is 12.1 Å². The van der Waals surface area contributed by atoms with Crippen LogP contribution in [-0.4, -0.2) is 30.6 Å². The third-order valence-corrected chi connectivity index (χ3v) is 3.45. The van der Waals surface area contributed by atoms with Crippen LogP contribution in [-0.2, 0) is 17.6 Å². The van der Waals surface area contributed by atoms with Crippen molar-refractivity contribution in [3.8, 4) is 5.75 Å². The van der Waals surface area contributed by atoms with Crippen molar-refractivity contribution in [2.75, 3.05) is 13.7 Å². The molecule has 0 fully saturated rings. The molecule has 2 rings (SSSR count). The van der Waals surface area contributed by atoms with Crippen molar-refractivity contribution in [3.05, 3.63) is 53.0 Å². The van der Waals surface area contributed by atoms with Gasteiger partial charge in [0.15, 0.2) is 0 Å². The van der Waals surface area contributed by atoms with E-state index >= 15 is 0 Å². The average molecular weight is 317 g/mol. The molecule has 0 saturated carbocycles. The molecule has 0 aliphatic carbocycles. The van der Waals surface area contributed by atoms with Crippen LogP contribution in [0.2, 0.25) is 0 Å². The van der Waals surface area contributed by atoms with Gasteiger partial charge >= 0.3 is 5.97 Å². The molecule has 1 aromatic carbocycles. The molecule has 122 valence electrons. The van der Waals surface area contributed by atoms with Crippen molar-refractivity contribution < 1.29 is 23.8 Å². The van der Waals surface area contributed by atoms with Gasteiger partial charge in [-0.15, -0.1) is 0 Å². The lowest BCUT2D eigenvalue weighted by atomic mass is 10.1. The highest BCUT2D eigenvalue weighted by molar-refractivity contribution is 5.97. The van der Waals surface area contributed by atoms with Crippen LogP contribution in [0, 0.1) is 6.92 Å². The summed E-state index contributed by atoms with van der Waals surface area (Å²) in [6, 6.07) is 7.60. The molecule has 1 aromatic heterocycles. The summed E-state index contributed by atoms with van der Waals surface area (Å²) in [6.45, 7) is 2.16. The molecule has 1 heterocycles. The summed E-state index contributed by atoms with van der Waals surface area (Å²) >= 11 is 0. The second-order valence-electron chi connectivity index (χ2n) is 5.14. The third kappa shape index (κ3) is 4.35. The van der Waals surface area contributed by atoms with E-state index in [2.05, 4.69) is 5.32 Å². The van der Waals surface area contributed by atoms with Crippen LogP contribution in [0.1, 0.15) is 27.2 Å². The van der Waals surface area contributed by atoms with Crippen LogP contribution in [0.4, 0.5) is 0 Å². The minimum absolute atomic E-state index is 0.178. The van der Waals surface area contributed by atoms with Crippen molar-refractivity contribution in [1.29, 1.82) is 0 Å². The predicted molar refractivity (Wildman–Crippen MR) is 83.8 cm³/mol. The van der Waals surface area contributed by atoms with Gasteiger partial charge in [0.2, 0.25) is 0 Å². The number of carboxylic acid groups (broad SMARTS) is 1. The number of aryl methyl sites for hydroxylation is 1. The SMILES string of the molecule is COc1ccc(CCNC(=O)c2c(C)coc2CC(=O)O)cc1. The van der Waals surface area contributed by atoms with E-state index in [9.17, 15) is 9.59 Å². The molecule has 23 heavy (non-hydrogen) atoms. The number of benzene rings is 1. The molecular weight excluding hydrogens is 298 g/mol. The summed E-state index contributed by atoms with van der Waals surface area (Å²) in [7, 11) is 1.61. The normalized spacial score (nSPS) is 10.3. The Morgan fingerprint density at radius 2 is 1.96 bits per heavy atom. The van der Waals surface area contributed by atoms with Crippen LogP contribution < -0.4 is 10.1 Å². The highest BCUT2D eigenvalue weighted by Crippen LogP contribution is 2.17. The maximum atomic E-state index is 12.2. The first-order chi connectivity index (χ1) is 11.0. The maximum absolute atomic E-state index is 12.2. The van der Waals surface area contributed by atoms with Gasteiger partial charge < -0.3 is 19.6 Å². The number of ether oxygens (including phenoxy) is 1. The quantitative estimate of drug-likeness (QED) is 0.817. The standard InChI is InChI=1S/C17H19NO5/c1-11-10-23-14(9-15(19)20)16(11)17(21)18-8-7-12-3-5-13(22-2)6-4-12/h3-6,10H,7-9H2,1-2H3,(H,18,21)(H,19,20). The minimum atomic E-state index is -1.04. The number of hydrogen-bond acceptors (Lipinski definition) is 4. The molecule has 6 nitrogen and oxygen atoms in total. The van der Waals surface area contributed by atoms with Gasteiger partial charge in [-0.25, -0.2) is 0 Å². The van der Waals surface area contributed by atoms with Gasteiger partial charge in [0, 0.05) is 12.1 Å². The van der Waals surface area contributed by atoms with Crippen LogP contribution in [0.3, 0.4) is 0 Å². The predicted octanol–water partition coefficient (Wildman–Crippen LogP) is 2.20. The van der Waals surface area contributed by atoms with Gasteiger partial charge in [-0.2, -0.15) is 0 Å². The number of carbonyl (C=O) groups excluding carboxylic acids is 1. The molecule has 2 aromatic rings. The lowest BCUT2D eigenvalue weighted by molar-refractivity contribution is -0.136. The van der Waals surface area contributed by atoms with Gasteiger partial charge in [-0.3, -0.25) is 9.59 Å². The lowest BCUT2D eigenvalue weighted by Crippen LogP contribution is -2.27. The molecule has 0 spiro atoms. The van der Waals surface area contributed by atoms with Crippen LogP contribution in [0.15, 0.2) is 34.9 Å². The second-order valence-corrected chi connectivity index (χ2v) is 5.14. The van der Waals surface area contributed by atoms with Crippen molar-refractivity contribution in [3.63, 3.8) is 0 Å². The molecular formula is C17H19NO5. The van der Waals surface area contributed by atoms with E-state index in [1.807, 2.05) is 24.3 Å². The minimum Gasteiger partial charge on any atom is -0.497 e. The zero-order chi connectivity index (χ0) is 16.8. The van der Waals surface area contributed by atoms with E-state index in [4.69, 9.17) is 14.3 Å². The number of amides is 1. The van der Waals surface area contributed by atoms with E-state index in [1.54, 1.807) is 14.0 Å². The van der Waals surface area contributed by atoms with E-state index in [-0.39, 0.29) is 18.1 Å². The number of methoxy groups -OCH3 is 1. The highest BCUT2D eigenvalue weighted by Gasteiger charge is 2.20. The molecule has 0 aliphatic heterocycles. The van der Waals surface area contributed by atoms with E-state index < -0.39 is 5.97 Å². The van der Waals surface area contributed by atoms with Crippen LogP contribution in [0.5, 0.6) is 5.75 Å². The average Bonchev–Trinajstić information content (AvgIpc) is 2.88. The summed E-state index contributed by atoms with van der Waals surface area (Å²) in [5.41, 5.74) is 2.01. The summed E-state index contributed by atoms with van der Waals surface area (Å²) < 4.78 is 10.3. The molecule has 2 N–H and O–H groups in total. The number of aliphatic carboxylic acids is 1. The Kier molecular flexibility index (Phi) is 5.41. The topological polar surface area (TPSA) is 88.8 Å². The van der Waals surface area contributed by atoms with Crippen molar-refractivity contribution in [2.24, 2.45) is 0 Å². The van der Waals surface area contributed by atoms with E-state index in [1.165, 1.54) is 6.26 Å².